The molecule has 0 unspecified atom stereocenters. The van der Waals surface area contributed by atoms with Gasteiger partial charge in [0.05, 0.1) is 22.6 Å². The number of aryl methyl sites for hydroxylation is 1. The highest BCUT2D eigenvalue weighted by Crippen LogP contribution is 2.44. The zero-order chi connectivity index (χ0) is 15.3. The monoisotopic (exact) mass is 312 g/mol. The van der Waals surface area contributed by atoms with Gasteiger partial charge in [-0.2, -0.15) is 4.98 Å². The number of hydrogen-bond acceptors (Lipinski definition) is 4. The first kappa shape index (κ1) is 13.6. The molecule has 0 bridgehead atoms. The molecule has 1 aliphatic heterocycles. The third-order valence-corrected chi connectivity index (χ3v) is 5.45. The van der Waals surface area contributed by atoms with Crippen LogP contribution in [0.1, 0.15) is 30.2 Å². The van der Waals surface area contributed by atoms with E-state index in [1.165, 1.54) is 25.5 Å². The Hall–Kier alpha value is -2.06. The minimum absolute atomic E-state index is 0.229. The Bertz CT molecular complexity index is 878. The van der Waals surface area contributed by atoms with Crippen molar-refractivity contribution in [3.8, 4) is 28.3 Å². The first-order chi connectivity index (χ1) is 10.6. The van der Waals surface area contributed by atoms with Crippen molar-refractivity contribution in [2.75, 3.05) is 7.11 Å². The Balaban J connectivity index is 1.80. The van der Waals surface area contributed by atoms with Crippen molar-refractivity contribution >= 4 is 11.3 Å². The maximum absolute atomic E-state index is 12.1. The summed E-state index contributed by atoms with van der Waals surface area (Å²) in [5.41, 5.74) is 2.15. The van der Waals surface area contributed by atoms with E-state index in [2.05, 4.69) is 29.8 Å². The molecule has 4 rings (SSSR count). The highest BCUT2D eigenvalue weighted by molar-refractivity contribution is 7.16. The van der Waals surface area contributed by atoms with E-state index < -0.39 is 0 Å². The van der Waals surface area contributed by atoms with Crippen LogP contribution in [0.2, 0.25) is 0 Å². The molecule has 22 heavy (non-hydrogen) atoms. The molecule has 0 spiro atoms. The Labute approximate surface area is 132 Å². The van der Waals surface area contributed by atoms with Gasteiger partial charge in [0.1, 0.15) is 0 Å². The second-order valence-electron chi connectivity index (χ2n) is 6.14. The van der Waals surface area contributed by atoms with E-state index in [-0.39, 0.29) is 11.1 Å². The lowest BCUT2D eigenvalue weighted by Gasteiger charge is -2.18. The minimum atomic E-state index is -0.244. The van der Waals surface area contributed by atoms with Crippen LogP contribution in [-0.4, -0.2) is 16.7 Å². The first-order valence-corrected chi connectivity index (χ1v) is 8.22. The number of methoxy groups -OCH3 is 1. The molecular formula is C17H16N2O2S. The molecule has 2 aromatic rings. The van der Waals surface area contributed by atoms with Crippen LogP contribution in [0, 0.1) is 17.3 Å². The summed E-state index contributed by atoms with van der Waals surface area (Å²) in [6.45, 7) is 2.87. The maximum atomic E-state index is 12.1. The van der Waals surface area contributed by atoms with Crippen molar-refractivity contribution in [1.82, 2.24) is 9.55 Å². The van der Waals surface area contributed by atoms with Crippen LogP contribution in [-0.2, 0) is 13.0 Å². The van der Waals surface area contributed by atoms with Crippen LogP contribution in [0.25, 0.3) is 10.6 Å². The molecule has 1 aliphatic carbocycles. The number of fused-ring (bicyclic) bond motifs is 3. The summed E-state index contributed by atoms with van der Waals surface area (Å²) in [5.74, 6) is 7.05. The number of hydrogen-bond donors (Lipinski definition) is 0. The van der Waals surface area contributed by atoms with E-state index in [4.69, 9.17) is 4.74 Å². The molecular weight excluding hydrogens is 296 g/mol. The molecule has 1 fully saturated rings. The summed E-state index contributed by atoms with van der Waals surface area (Å²) in [7, 11) is 1.53. The van der Waals surface area contributed by atoms with E-state index >= 15 is 0 Å². The van der Waals surface area contributed by atoms with Gasteiger partial charge >= 0.3 is 5.69 Å². The van der Waals surface area contributed by atoms with Crippen LogP contribution in [0.15, 0.2) is 16.9 Å². The summed E-state index contributed by atoms with van der Waals surface area (Å²) in [5, 5.41) is 0. The number of rotatable bonds is 1. The van der Waals surface area contributed by atoms with Crippen LogP contribution in [0.4, 0.5) is 0 Å². The van der Waals surface area contributed by atoms with Crippen LogP contribution in [0.3, 0.4) is 0 Å². The predicted octanol–water partition coefficient (Wildman–Crippen LogP) is 2.69. The third kappa shape index (κ3) is 2.24. The fourth-order valence-corrected chi connectivity index (χ4v) is 3.73. The minimum Gasteiger partial charge on any atom is -0.481 e. The van der Waals surface area contributed by atoms with Crippen molar-refractivity contribution < 1.29 is 4.74 Å². The number of ether oxygens (including phenoxy) is 1. The lowest BCUT2D eigenvalue weighted by molar-refractivity contribution is 0.392. The van der Waals surface area contributed by atoms with E-state index in [9.17, 15) is 4.79 Å². The summed E-state index contributed by atoms with van der Waals surface area (Å²) >= 11 is 1.66. The molecule has 0 amide bonds. The highest BCUT2D eigenvalue weighted by Gasteiger charge is 2.35. The van der Waals surface area contributed by atoms with Crippen molar-refractivity contribution in [2.24, 2.45) is 5.41 Å². The fraction of sp³-hybridized carbons (Fsp3) is 0.412. The van der Waals surface area contributed by atoms with Crippen LogP contribution in [0.5, 0.6) is 5.88 Å². The standard InChI is InChI=1S/C17H16N2O2S/c1-17(6-7-17)5-3-12-9-11-4-8-19-13(15(11)22-12)10-14(21-2)18-16(19)20/h9-10H,4,6-8H2,1-2H3. The Kier molecular flexibility index (Phi) is 2.92. The molecule has 0 saturated heterocycles. The number of nitrogens with zero attached hydrogens (tertiary/aromatic N) is 2. The SMILES string of the molecule is COc1cc2n(c(=O)n1)CCc1cc(C#CC3(C)CC3)sc1-2. The lowest BCUT2D eigenvalue weighted by Crippen LogP contribution is -2.27. The topological polar surface area (TPSA) is 44.1 Å². The van der Waals surface area contributed by atoms with Gasteiger partial charge in [-0.15, -0.1) is 11.3 Å². The zero-order valence-corrected chi connectivity index (χ0v) is 13.4. The molecule has 1 saturated carbocycles. The molecule has 0 aromatic carbocycles. The molecule has 4 nitrogen and oxygen atoms in total. The van der Waals surface area contributed by atoms with Gasteiger partial charge in [0, 0.05) is 18.0 Å². The molecule has 3 heterocycles. The first-order valence-electron chi connectivity index (χ1n) is 7.40. The average molecular weight is 312 g/mol. The van der Waals surface area contributed by atoms with Gasteiger partial charge in [-0.3, -0.25) is 4.57 Å². The molecule has 2 aliphatic rings. The highest BCUT2D eigenvalue weighted by atomic mass is 32.1. The van der Waals surface area contributed by atoms with E-state index in [1.54, 1.807) is 15.9 Å². The second-order valence-corrected chi connectivity index (χ2v) is 7.20. The predicted molar refractivity (Wildman–Crippen MR) is 86.3 cm³/mol. The summed E-state index contributed by atoms with van der Waals surface area (Å²) < 4.78 is 6.86. The lowest BCUT2D eigenvalue weighted by atomic mass is 10.1. The van der Waals surface area contributed by atoms with Gasteiger partial charge in [0.2, 0.25) is 5.88 Å². The van der Waals surface area contributed by atoms with Gasteiger partial charge in [-0.1, -0.05) is 11.8 Å². The van der Waals surface area contributed by atoms with Gasteiger partial charge in [-0.05, 0) is 37.8 Å². The van der Waals surface area contributed by atoms with Crippen LogP contribution < -0.4 is 10.4 Å². The summed E-state index contributed by atoms with van der Waals surface area (Å²) in [4.78, 5) is 18.2. The average Bonchev–Trinajstić information content (AvgIpc) is 3.10. The van der Waals surface area contributed by atoms with Gasteiger partial charge in [0.25, 0.3) is 0 Å². The summed E-state index contributed by atoms with van der Waals surface area (Å²) in [6, 6.07) is 4.01. The van der Waals surface area contributed by atoms with Crippen LogP contribution >= 0.6 is 11.3 Å². The molecule has 2 aromatic heterocycles. The summed E-state index contributed by atoms with van der Waals surface area (Å²) in [6.07, 6.45) is 3.25. The van der Waals surface area contributed by atoms with E-state index in [0.29, 0.717) is 12.4 Å². The Morgan fingerprint density at radius 1 is 1.41 bits per heavy atom. The zero-order valence-electron chi connectivity index (χ0n) is 12.6. The molecule has 112 valence electrons. The Morgan fingerprint density at radius 2 is 2.23 bits per heavy atom. The number of aromatic nitrogens is 2. The van der Waals surface area contributed by atoms with Gasteiger partial charge < -0.3 is 4.74 Å². The largest absolute Gasteiger partial charge is 0.481 e. The van der Waals surface area contributed by atoms with E-state index in [1.807, 2.05) is 6.07 Å². The van der Waals surface area contributed by atoms with Crippen molar-refractivity contribution in [3.63, 3.8) is 0 Å². The molecule has 5 heteroatoms. The second kappa shape index (κ2) is 4.72. The molecule has 0 N–H and O–H groups in total. The van der Waals surface area contributed by atoms with Gasteiger partial charge in [0.15, 0.2) is 0 Å². The van der Waals surface area contributed by atoms with Crippen molar-refractivity contribution in [2.45, 2.75) is 32.7 Å². The molecule has 0 atom stereocenters. The quantitative estimate of drug-likeness (QED) is 0.761. The normalized spacial score (nSPS) is 17.0. The Morgan fingerprint density at radius 3 is 2.95 bits per heavy atom. The fourth-order valence-electron chi connectivity index (χ4n) is 2.64. The van der Waals surface area contributed by atoms with Crippen molar-refractivity contribution in [1.29, 1.82) is 0 Å². The molecule has 0 radical (unpaired) electrons. The smallest absolute Gasteiger partial charge is 0.351 e. The van der Waals surface area contributed by atoms with Crippen molar-refractivity contribution in [3.05, 3.63) is 33.1 Å². The van der Waals surface area contributed by atoms with E-state index in [0.717, 1.165) is 21.9 Å². The maximum Gasteiger partial charge on any atom is 0.351 e. The third-order valence-electron chi connectivity index (χ3n) is 4.33. The number of thiophene rings is 1. The van der Waals surface area contributed by atoms with Gasteiger partial charge in [-0.25, -0.2) is 4.79 Å².